The zero-order chi connectivity index (χ0) is 9.61. The van der Waals surface area contributed by atoms with Crippen molar-refractivity contribution in [2.45, 2.75) is 32.1 Å². The van der Waals surface area contributed by atoms with Crippen LogP contribution >= 0.6 is 0 Å². The van der Waals surface area contributed by atoms with Crippen molar-refractivity contribution in [1.29, 1.82) is 0 Å². The van der Waals surface area contributed by atoms with Crippen LogP contribution in [0.2, 0.25) is 25.7 Å². The summed E-state index contributed by atoms with van der Waals surface area (Å²) in [5, 5.41) is 2.67. The van der Waals surface area contributed by atoms with Gasteiger partial charge in [-0.3, -0.25) is 4.79 Å². The summed E-state index contributed by atoms with van der Waals surface area (Å²) in [5.41, 5.74) is 0. The minimum atomic E-state index is -1.06. The van der Waals surface area contributed by atoms with Crippen LogP contribution in [-0.2, 0) is 9.53 Å². The van der Waals surface area contributed by atoms with Gasteiger partial charge in [-0.1, -0.05) is 19.6 Å². The zero-order valence-electron chi connectivity index (χ0n) is 8.44. The number of amides is 1. The summed E-state index contributed by atoms with van der Waals surface area (Å²) in [7, 11) is 0.507. The number of ether oxygens (including phenoxy) is 1. The summed E-state index contributed by atoms with van der Waals surface area (Å²) in [5.74, 6) is 0.0966. The van der Waals surface area contributed by atoms with Gasteiger partial charge >= 0.3 is 0 Å². The van der Waals surface area contributed by atoms with E-state index in [9.17, 15) is 4.79 Å². The maximum Gasteiger partial charge on any atom is 0.221 e. The van der Waals surface area contributed by atoms with E-state index in [0.29, 0.717) is 13.2 Å². The molecule has 0 aliphatic heterocycles. The molecule has 1 amide bonds. The maximum atomic E-state index is 11.1. The van der Waals surface area contributed by atoms with Crippen LogP contribution < -0.4 is 5.32 Å². The van der Waals surface area contributed by atoms with Crippen molar-refractivity contribution in [3.05, 3.63) is 0 Å². The van der Waals surface area contributed by atoms with E-state index < -0.39 is 8.07 Å². The van der Waals surface area contributed by atoms with Gasteiger partial charge < -0.3 is 10.1 Å². The molecule has 1 N–H and O–H groups in total. The predicted octanol–water partition coefficient (Wildman–Crippen LogP) is 1.43. The third-order valence-corrected chi connectivity index (χ3v) is 3.27. The molecule has 0 atom stereocenters. The number of hydrogen-bond acceptors (Lipinski definition) is 2. The van der Waals surface area contributed by atoms with E-state index in [1.165, 1.54) is 0 Å². The fraction of sp³-hybridized carbons (Fsp3) is 0.875. The molecular formula is C8H19NO2Si. The maximum absolute atomic E-state index is 11.1. The smallest absolute Gasteiger partial charge is 0.221 e. The molecular weight excluding hydrogens is 170 g/mol. The van der Waals surface area contributed by atoms with Gasteiger partial charge in [0.2, 0.25) is 5.91 Å². The molecule has 0 aliphatic rings. The van der Waals surface area contributed by atoms with E-state index in [4.69, 9.17) is 4.74 Å². The molecule has 3 nitrogen and oxygen atoms in total. The van der Waals surface area contributed by atoms with E-state index in [2.05, 4.69) is 25.0 Å². The molecule has 0 saturated heterocycles. The van der Waals surface area contributed by atoms with Crippen LogP contribution in [0.1, 0.15) is 6.42 Å². The van der Waals surface area contributed by atoms with E-state index in [0.717, 1.165) is 6.04 Å². The first-order chi connectivity index (χ1) is 5.45. The molecule has 0 fully saturated rings. The van der Waals surface area contributed by atoms with Crippen LogP contribution in [0.15, 0.2) is 0 Å². The van der Waals surface area contributed by atoms with Gasteiger partial charge in [0, 0.05) is 21.6 Å². The normalized spacial score (nSPS) is 11.3. The Labute approximate surface area is 75.5 Å². The fourth-order valence-corrected chi connectivity index (χ4v) is 1.71. The summed E-state index contributed by atoms with van der Waals surface area (Å²) in [6.45, 7) is 7.11. The molecule has 0 unspecified atom stereocenters. The van der Waals surface area contributed by atoms with Crippen LogP contribution in [0, 0.1) is 0 Å². The molecule has 0 aliphatic carbocycles. The largest absolute Gasteiger partial charge is 0.364 e. The van der Waals surface area contributed by atoms with Gasteiger partial charge in [0.25, 0.3) is 0 Å². The Morgan fingerprint density at radius 3 is 2.42 bits per heavy atom. The molecule has 0 saturated carbocycles. The number of nitrogens with one attached hydrogen (secondary N) is 1. The lowest BCUT2D eigenvalue weighted by molar-refractivity contribution is -0.122. The summed E-state index contributed by atoms with van der Waals surface area (Å²) < 4.78 is 4.72. The highest BCUT2D eigenvalue weighted by Gasteiger charge is 2.14. The van der Waals surface area contributed by atoms with Crippen molar-refractivity contribution in [1.82, 2.24) is 5.32 Å². The summed E-state index contributed by atoms with van der Waals surface area (Å²) in [6.07, 6.45) is 0.638. The quantitative estimate of drug-likeness (QED) is 0.525. The highest BCUT2D eigenvalue weighted by atomic mass is 28.3. The molecule has 0 aromatic carbocycles. The monoisotopic (exact) mass is 189 g/mol. The zero-order valence-corrected chi connectivity index (χ0v) is 9.44. The van der Waals surface area contributed by atoms with Crippen LogP contribution in [-0.4, -0.2) is 27.8 Å². The minimum absolute atomic E-state index is 0.0966. The SMILES string of the molecule is COCNC(=O)CC[Si](C)(C)C. The summed E-state index contributed by atoms with van der Waals surface area (Å²) in [4.78, 5) is 11.1. The van der Waals surface area contributed by atoms with Crippen LogP contribution in [0.5, 0.6) is 0 Å². The number of methoxy groups -OCH3 is 1. The van der Waals surface area contributed by atoms with Crippen LogP contribution in [0.3, 0.4) is 0 Å². The topological polar surface area (TPSA) is 38.3 Å². The van der Waals surface area contributed by atoms with Gasteiger partial charge in [0.1, 0.15) is 6.73 Å². The van der Waals surface area contributed by atoms with Gasteiger partial charge in [0.15, 0.2) is 0 Å². The number of rotatable bonds is 5. The van der Waals surface area contributed by atoms with Crippen molar-refractivity contribution >= 4 is 14.0 Å². The molecule has 4 heteroatoms. The predicted molar refractivity (Wildman–Crippen MR) is 52.8 cm³/mol. The standard InChI is InChI=1S/C8H19NO2Si/c1-11-7-9-8(10)5-6-12(2,3)4/h5-7H2,1-4H3,(H,9,10). The third-order valence-electron chi connectivity index (χ3n) is 1.52. The van der Waals surface area contributed by atoms with Crippen molar-refractivity contribution in [2.75, 3.05) is 13.8 Å². The summed E-state index contributed by atoms with van der Waals surface area (Å²) in [6, 6.07) is 1.04. The Balaban J connectivity index is 3.44. The first-order valence-electron chi connectivity index (χ1n) is 4.21. The van der Waals surface area contributed by atoms with Crippen molar-refractivity contribution in [3.63, 3.8) is 0 Å². The van der Waals surface area contributed by atoms with Crippen molar-refractivity contribution in [2.24, 2.45) is 0 Å². The minimum Gasteiger partial charge on any atom is -0.364 e. The van der Waals surface area contributed by atoms with Crippen molar-refractivity contribution < 1.29 is 9.53 Å². The molecule has 0 aromatic heterocycles. The Bertz CT molecular complexity index is 142. The molecule has 0 rings (SSSR count). The van der Waals surface area contributed by atoms with E-state index >= 15 is 0 Å². The van der Waals surface area contributed by atoms with Crippen molar-refractivity contribution in [3.8, 4) is 0 Å². The molecule has 0 aromatic rings. The molecule has 0 bridgehead atoms. The van der Waals surface area contributed by atoms with E-state index in [1.54, 1.807) is 7.11 Å². The highest BCUT2D eigenvalue weighted by molar-refractivity contribution is 6.76. The molecule has 12 heavy (non-hydrogen) atoms. The Kier molecular flexibility index (Phi) is 5.16. The first kappa shape index (κ1) is 11.6. The molecule has 72 valence electrons. The Morgan fingerprint density at radius 1 is 1.42 bits per heavy atom. The lowest BCUT2D eigenvalue weighted by Gasteiger charge is -2.14. The number of carbonyl (C=O) groups excluding carboxylic acids is 1. The van der Waals surface area contributed by atoms with Gasteiger partial charge in [-0.2, -0.15) is 0 Å². The highest BCUT2D eigenvalue weighted by Crippen LogP contribution is 2.10. The molecule has 0 radical (unpaired) electrons. The van der Waals surface area contributed by atoms with Gasteiger partial charge in [-0.25, -0.2) is 0 Å². The lowest BCUT2D eigenvalue weighted by Crippen LogP contribution is -2.28. The average Bonchev–Trinajstić information content (AvgIpc) is 1.95. The van der Waals surface area contributed by atoms with Crippen LogP contribution in [0.4, 0.5) is 0 Å². The Hall–Kier alpha value is -0.353. The number of hydrogen-bond donors (Lipinski definition) is 1. The first-order valence-corrected chi connectivity index (χ1v) is 7.92. The molecule has 0 spiro atoms. The molecule has 0 heterocycles. The fourth-order valence-electron chi connectivity index (χ4n) is 0.730. The Morgan fingerprint density at radius 2 is 2.00 bits per heavy atom. The van der Waals surface area contributed by atoms with Gasteiger partial charge in [0.05, 0.1) is 0 Å². The second kappa shape index (κ2) is 5.32. The van der Waals surface area contributed by atoms with E-state index in [-0.39, 0.29) is 5.91 Å². The van der Waals surface area contributed by atoms with Gasteiger partial charge in [-0.15, -0.1) is 0 Å². The third kappa shape index (κ3) is 7.75. The lowest BCUT2D eigenvalue weighted by atomic mass is 10.4. The van der Waals surface area contributed by atoms with Gasteiger partial charge in [-0.05, 0) is 6.04 Å². The number of carbonyl (C=O) groups is 1. The summed E-state index contributed by atoms with van der Waals surface area (Å²) >= 11 is 0. The second-order valence-electron chi connectivity index (χ2n) is 4.09. The second-order valence-corrected chi connectivity index (χ2v) is 9.71. The van der Waals surface area contributed by atoms with E-state index in [1.807, 2.05) is 0 Å². The average molecular weight is 189 g/mol. The van der Waals surface area contributed by atoms with Crippen LogP contribution in [0.25, 0.3) is 0 Å².